The number of hydrogen-bond donors (Lipinski definition) is 3. The number of nitrogens with one attached hydrogen (secondary N) is 2. The Labute approximate surface area is 134 Å². The number of amides is 1. The molecule has 5 nitrogen and oxygen atoms in total. The second kappa shape index (κ2) is 7.35. The lowest BCUT2D eigenvalue weighted by Crippen LogP contribution is -2.38. The molecular weight excluding hydrogens is 304 g/mol. The number of anilines is 2. The monoisotopic (exact) mass is 328 g/mol. The zero-order valence-electron chi connectivity index (χ0n) is 12.8. The van der Waals surface area contributed by atoms with E-state index < -0.39 is 0 Å². The van der Waals surface area contributed by atoms with E-state index in [0.29, 0.717) is 21.9 Å². The van der Waals surface area contributed by atoms with Crippen LogP contribution < -0.4 is 16.4 Å². The predicted molar refractivity (Wildman–Crippen MR) is 92.3 cm³/mol. The van der Waals surface area contributed by atoms with Gasteiger partial charge in [-0.05, 0) is 25.0 Å². The molecule has 0 spiro atoms. The molecule has 1 aromatic rings. The van der Waals surface area contributed by atoms with Gasteiger partial charge in [-0.1, -0.05) is 31.6 Å². The van der Waals surface area contributed by atoms with Crippen LogP contribution in [0, 0.1) is 5.92 Å². The van der Waals surface area contributed by atoms with E-state index in [4.69, 9.17) is 5.73 Å². The standard InChI is InChI=1S/C14H24N4OS2/c1-8(2)7-16-14-18-12(15)11(21-14)13(19)17-9-5-4-6-10(9)20-3/h8-10H,4-7,15H2,1-3H3,(H,16,18)(H,17,19). The summed E-state index contributed by atoms with van der Waals surface area (Å²) in [6.45, 7) is 5.08. The van der Waals surface area contributed by atoms with E-state index in [9.17, 15) is 4.79 Å². The second-order valence-corrected chi connectivity index (χ2v) is 7.87. The first-order valence-electron chi connectivity index (χ1n) is 7.35. The fourth-order valence-corrected chi connectivity index (χ4v) is 4.20. The van der Waals surface area contributed by atoms with Gasteiger partial charge in [-0.3, -0.25) is 4.79 Å². The highest BCUT2D eigenvalue weighted by Crippen LogP contribution is 2.30. The number of aromatic nitrogens is 1. The molecule has 2 unspecified atom stereocenters. The molecule has 1 aliphatic rings. The molecule has 118 valence electrons. The molecule has 2 rings (SSSR count). The molecule has 0 radical (unpaired) electrons. The first-order chi connectivity index (χ1) is 10.0. The van der Waals surface area contributed by atoms with Crippen LogP contribution in [0.15, 0.2) is 0 Å². The van der Waals surface area contributed by atoms with Gasteiger partial charge < -0.3 is 16.4 Å². The van der Waals surface area contributed by atoms with Gasteiger partial charge in [-0.25, -0.2) is 4.98 Å². The van der Waals surface area contributed by atoms with E-state index in [1.165, 1.54) is 24.2 Å². The molecule has 21 heavy (non-hydrogen) atoms. The van der Waals surface area contributed by atoms with Crippen molar-refractivity contribution in [2.45, 2.75) is 44.4 Å². The van der Waals surface area contributed by atoms with Gasteiger partial charge >= 0.3 is 0 Å². The third-order valence-corrected chi connectivity index (χ3v) is 5.79. The molecule has 0 aliphatic heterocycles. The summed E-state index contributed by atoms with van der Waals surface area (Å²) in [5, 5.41) is 7.57. The number of nitrogens with two attached hydrogens (primary N) is 1. The summed E-state index contributed by atoms with van der Waals surface area (Å²) in [6, 6.07) is 0.251. The Morgan fingerprint density at radius 2 is 2.29 bits per heavy atom. The SMILES string of the molecule is CSC1CCCC1NC(=O)c1sc(NCC(C)C)nc1N. The number of carbonyl (C=O) groups excluding carboxylic acids is 1. The largest absolute Gasteiger partial charge is 0.382 e. The smallest absolute Gasteiger partial charge is 0.265 e. The minimum absolute atomic E-state index is 0.0893. The molecular formula is C14H24N4OS2. The van der Waals surface area contributed by atoms with E-state index in [1.807, 2.05) is 11.8 Å². The topological polar surface area (TPSA) is 80.0 Å². The van der Waals surface area contributed by atoms with Gasteiger partial charge in [-0.2, -0.15) is 11.8 Å². The maximum Gasteiger partial charge on any atom is 0.265 e. The molecule has 1 aliphatic carbocycles. The lowest BCUT2D eigenvalue weighted by molar-refractivity contribution is 0.0943. The first-order valence-corrected chi connectivity index (χ1v) is 9.45. The lowest BCUT2D eigenvalue weighted by Gasteiger charge is -2.18. The van der Waals surface area contributed by atoms with Crippen LogP contribution in [0.4, 0.5) is 10.9 Å². The normalized spacial score (nSPS) is 21.7. The average Bonchev–Trinajstić information content (AvgIpc) is 3.02. The van der Waals surface area contributed by atoms with Gasteiger partial charge in [0.25, 0.3) is 5.91 Å². The molecule has 1 amide bonds. The lowest BCUT2D eigenvalue weighted by atomic mass is 10.2. The molecule has 0 aromatic carbocycles. The van der Waals surface area contributed by atoms with E-state index in [1.54, 1.807) is 0 Å². The second-order valence-electron chi connectivity index (χ2n) is 5.79. The number of thioether (sulfide) groups is 1. The fraction of sp³-hybridized carbons (Fsp3) is 0.714. The van der Waals surface area contributed by atoms with Crippen LogP contribution in [0.3, 0.4) is 0 Å². The van der Waals surface area contributed by atoms with Crippen molar-refractivity contribution >= 4 is 40.0 Å². The van der Waals surface area contributed by atoms with Crippen molar-refractivity contribution in [1.29, 1.82) is 0 Å². The Kier molecular flexibility index (Phi) is 5.75. The third-order valence-electron chi connectivity index (χ3n) is 3.59. The summed E-state index contributed by atoms with van der Waals surface area (Å²) in [4.78, 5) is 17.1. The molecule has 1 aromatic heterocycles. The molecule has 7 heteroatoms. The zero-order valence-corrected chi connectivity index (χ0v) is 14.4. The van der Waals surface area contributed by atoms with E-state index in [2.05, 4.69) is 35.7 Å². The quantitative estimate of drug-likeness (QED) is 0.748. The average molecular weight is 329 g/mol. The van der Waals surface area contributed by atoms with E-state index >= 15 is 0 Å². The van der Waals surface area contributed by atoms with Crippen LogP contribution in [-0.2, 0) is 0 Å². The number of nitrogens with zero attached hydrogens (tertiary/aromatic N) is 1. The molecule has 1 fully saturated rings. The molecule has 4 N–H and O–H groups in total. The Morgan fingerprint density at radius 1 is 1.52 bits per heavy atom. The van der Waals surface area contributed by atoms with Gasteiger partial charge in [0, 0.05) is 17.8 Å². The zero-order chi connectivity index (χ0) is 15.4. The van der Waals surface area contributed by atoms with Gasteiger partial charge in [0.15, 0.2) is 5.13 Å². The summed E-state index contributed by atoms with van der Waals surface area (Å²) in [5.74, 6) is 0.754. The summed E-state index contributed by atoms with van der Waals surface area (Å²) < 4.78 is 0. The number of hydrogen-bond acceptors (Lipinski definition) is 6. The molecule has 0 bridgehead atoms. The van der Waals surface area contributed by atoms with E-state index in [0.717, 1.165) is 18.1 Å². The molecule has 1 heterocycles. The van der Waals surface area contributed by atoms with Crippen molar-refractivity contribution in [3.05, 3.63) is 4.88 Å². The summed E-state index contributed by atoms with van der Waals surface area (Å²) in [6.07, 6.45) is 5.50. The number of rotatable bonds is 6. The summed E-state index contributed by atoms with van der Waals surface area (Å²) >= 11 is 3.16. The van der Waals surface area contributed by atoms with Crippen LogP contribution in [-0.4, -0.2) is 35.0 Å². The maximum absolute atomic E-state index is 12.4. The first kappa shape index (κ1) is 16.4. The predicted octanol–water partition coefficient (Wildman–Crippen LogP) is 2.81. The van der Waals surface area contributed by atoms with Crippen molar-refractivity contribution < 1.29 is 4.79 Å². The maximum atomic E-state index is 12.4. The Balaban J connectivity index is 1.98. The molecule has 1 saturated carbocycles. The van der Waals surface area contributed by atoms with Crippen molar-refractivity contribution in [1.82, 2.24) is 10.3 Å². The summed E-state index contributed by atoms with van der Waals surface area (Å²) in [5.41, 5.74) is 5.88. The Bertz CT molecular complexity index is 489. The van der Waals surface area contributed by atoms with Crippen molar-refractivity contribution in [3.8, 4) is 0 Å². The molecule has 2 atom stereocenters. The van der Waals surface area contributed by atoms with Crippen molar-refractivity contribution in [2.24, 2.45) is 5.92 Å². The number of thiazole rings is 1. The van der Waals surface area contributed by atoms with Crippen LogP contribution in [0.1, 0.15) is 42.8 Å². The highest BCUT2D eigenvalue weighted by molar-refractivity contribution is 7.99. The minimum atomic E-state index is -0.0893. The van der Waals surface area contributed by atoms with Crippen molar-refractivity contribution in [2.75, 3.05) is 23.9 Å². The van der Waals surface area contributed by atoms with Crippen LogP contribution in [0.5, 0.6) is 0 Å². The highest BCUT2D eigenvalue weighted by Gasteiger charge is 2.29. The highest BCUT2D eigenvalue weighted by atomic mass is 32.2. The number of carbonyl (C=O) groups is 1. The van der Waals surface area contributed by atoms with Gasteiger partial charge in [0.1, 0.15) is 10.7 Å². The van der Waals surface area contributed by atoms with Crippen molar-refractivity contribution in [3.63, 3.8) is 0 Å². The van der Waals surface area contributed by atoms with Crippen LogP contribution in [0.2, 0.25) is 0 Å². The van der Waals surface area contributed by atoms with Gasteiger partial charge in [-0.15, -0.1) is 0 Å². The van der Waals surface area contributed by atoms with Crippen LogP contribution >= 0.6 is 23.1 Å². The Morgan fingerprint density at radius 3 is 2.95 bits per heavy atom. The van der Waals surface area contributed by atoms with E-state index in [-0.39, 0.29) is 11.9 Å². The fourth-order valence-electron chi connectivity index (χ4n) is 2.47. The Hall–Kier alpha value is -0.950. The van der Waals surface area contributed by atoms with Gasteiger partial charge in [0.2, 0.25) is 0 Å². The minimum Gasteiger partial charge on any atom is -0.382 e. The number of nitrogen functional groups attached to an aromatic ring is 1. The molecule has 0 saturated heterocycles. The third kappa shape index (κ3) is 4.26. The van der Waals surface area contributed by atoms with Gasteiger partial charge in [0.05, 0.1) is 0 Å². The van der Waals surface area contributed by atoms with Crippen LogP contribution in [0.25, 0.3) is 0 Å². The summed E-state index contributed by atoms with van der Waals surface area (Å²) in [7, 11) is 0.